The first-order chi connectivity index (χ1) is 10.4. The summed E-state index contributed by atoms with van der Waals surface area (Å²) in [7, 11) is 0. The maximum atomic E-state index is 12.3. The summed E-state index contributed by atoms with van der Waals surface area (Å²) in [5.74, 6) is 0.538. The monoisotopic (exact) mass is 306 g/mol. The van der Waals surface area contributed by atoms with E-state index in [2.05, 4.69) is 44.3 Å². The van der Waals surface area contributed by atoms with Gasteiger partial charge in [0.2, 0.25) is 0 Å². The van der Waals surface area contributed by atoms with Gasteiger partial charge in [0.25, 0.3) is 0 Å². The van der Waals surface area contributed by atoms with Gasteiger partial charge in [0.15, 0.2) is 0 Å². The molecule has 1 saturated heterocycles. The number of urea groups is 1. The fraction of sp³-hybridized carbons (Fsp3) is 0.765. The summed E-state index contributed by atoms with van der Waals surface area (Å²) >= 11 is 0. The van der Waals surface area contributed by atoms with Gasteiger partial charge in [0.05, 0.1) is 6.20 Å². The van der Waals surface area contributed by atoms with Crippen LogP contribution in [-0.4, -0.2) is 40.3 Å². The third-order valence-corrected chi connectivity index (χ3v) is 4.91. The van der Waals surface area contributed by atoms with E-state index in [4.69, 9.17) is 0 Å². The van der Waals surface area contributed by atoms with Gasteiger partial charge in [-0.2, -0.15) is 5.10 Å². The molecule has 2 amide bonds. The molecule has 0 aromatic carbocycles. The van der Waals surface area contributed by atoms with Crippen molar-refractivity contribution in [3.8, 4) is 0 Å². The normalized spacial score (nSPS) is 16.8. The number of nitrogens with zero attached hydrogens (tertiary/aromatic N) is 3. The van der Waals surface area contributed by atoms with Gasteiger partial charge in [0, 0.05) is 32.4 Å². The summed E-state index contributed by atoms with van der Waals surface area (Å²) in [6.07, 6.45) is 7.24. The second-order valence-corrected chi connectivity index (χ2v) is 7.07. The average molecular weight is 306 g/mol. The molecule has 5 nitrogen and oxygen atoms in total. The maximum absolute atomic E-state index is 12.3. The fourth-order valence-corrected chi connectivity index (χ4v) is 2.73. The van der Waals surface area contributed by atoms with Crippen molar-refractivity contribution in [2.24, 2.45) is 5.41 Å². The minimum absolute atomic E-state index is 0.0872. The largest absolute Gasteiger partial charge is 0.337 e. The van der Waals surface area contributed by atoms with E-state index in [9.17, 15) is 4.79 Å². The number of nitrogens with one attached hydrogen (secondary N) is 1. The predicted molar refractivity (Wildman–Crippen MR) is 88.9 cm³/mol. The van der Waals surface area contributed by atoms with Crippen LogP contribution in [0.4, 0.5) is 4.79 Å². The molecule has 124 valence electrons. The molecule has 1 N–H and O–H groups in total. The predicted octanol–water partition coefficient (Wildman–Crippen LogP) is 3.23. The molecule has 1 aliphatic heterocycles. The third-order valence-electron chi connectivity index (χ3n) is 4.91. The van der Waals surface area contributed by atoms with Crippen LogP contribution in [-0.2, 0) is 6.54 Å². The van der Waals surface area contributed by atoms with Crippen molar-refractivity contribution < 1.29 is 4.79 Å². The van der Waals surface area contributed by atoms with Crippen LogP contribution in [0.2, 0.25) is 0 Å². The first-order valence-electron chi connectivity index (χ1n) is 8.50. The molecule has 0 spiro atoms. The first-order valence-corrected chi connectivity index (χ1v) is 8.50. The lowest BCUT2D eigenvalue weighted by molar-refractivity contribution is 0.176. The molecule has 0 bridgehead atoms. The van der Waals surface area contributed by atoms with Crippen LogP contribution >= 0.6 is 0 Å². The van der Waals surface area contributed by atoms with E-state index >= 15 is 0 Å². The topological polar surface area (TPSA) is 50.2 Å². The Labute approximate surface area is 134 Å². The number of rotatable bonds is 5. The second-order valence-electron chi connectivity index (χ2n) is 7.07. The number of carbonyl (C=O) groups is 1. The van der Waals surface area contributed by atoms with Crippen LogP contribution < -0.4 is 5.32 Å². The average Bonchev–Trinajstić information content (AvgIpc) is 3.02. The van der Waals surface area contributed by atoms with Crippen LogP contribution in [0.1, 0.15) is 58.4 Å². The number of likely N-dealkylation sites (tertiary alicyclic amines) is 1. The molecule has 0 radical (unpaired) electrons. The molecule has 22 heavy (non-hydrogen) atoms. The highest BCUT2D eigenvalue weighted by Crippen LogP contribution is 2.27. The molecule has 2 heterocycles. The van der Waals surface area contributed by atoms with Crippen molar-refractivity contribution in [1.29, 1.82) is 0 Å². The molecule has 0 aliphatic carbocycles. The number of aryl methyl sites for hydroxylation is 1. The van der Waals surface area contributed by atoms with Crippen molar-refractivity contribution >= 4 is 6.03 Å². The van der Waals surface area contributed by atoms with Gasteiger partial charge in [0.1, 0.15) is 0 Å². The van der Waals surface area contributed by atoms with E-state index in [1.54, 1.807) is 0 Å². The molecule has 0 unspecified atom stereocenters. The van der Waals surface area contributed by atoms with Gasteiger partial charge in [-0.15, -0.1) is 0 Å². The Balaban J connectivity index is 1.80. The Morgan fingerprint density at radius 3 is 2.59 bits per heavy atom. The number of hydrogen-bond donors (Lipinski definition) is 1. The summed E-state index contributed by atoms with van der Waals surface area (Å²) in [5, 5.41) is 7.44. The Kier molecular flexibility index (Phi) is 5.48. The summed E-state index contributed by atoms with van der Waals surface area (Å²) in [4.78, 5) is 14.2. The van der Waals surface area contributed by atoms with Crippen molar-refractivity contribution in [2.45, 2.75) is 59.4 Å². The SMILES string of the molecule is CCn1cc(C2CCN(C(=O)NCC(C)(C)CC)CC2)cn1. The summed E-state index contributed by atoms with van der Waals surface area (Å²) in [6, 6.07) is 0.0872. The zero-order valence-corrected chi connectivity index (χ0v) is 14.4. The third kappa shape index (κ3) is 4.24. The molecular formula is C17H30N4O. The number of amides is 2. The highest BCUT2D eigenvalue weighted by Gasteiger charge is 2.25. The van der Waals surface area contributed by atoms with Crippen LogP contribution in [0.5, 0.6) is 0 Å². The number of carbonyl (C=O) groups excluding carboxylic acids is 1. The standard InChI is InChI=1S/C17H30N4O/c1-5-17(3,4)13-18-16(22)20-9-7-14(8-10-20)15-11-19-21(6-2)12-15/h11-12,14H,5-10,13H2,1-4H3,(H,18,22). The van der Waals surface area contributed by atoms with Gasteiger partial charge >= 0.3 is 6.03 Å². The maximum Gasteiger partial charge on any atom is 0.317 e. The Morgan fingerprint density at radius 2 is 2.05 bits per heavy atom. The molecule has 0 saturated carbocycles. The van der Waals surface area contributed by atoms with Crippen molar-refractivity contribution in [3.63, 3.8) is 0 Å². The number of hydrogen-bond acceptors (Lipinski definition) is 2. The molecular weight excluding hydrogens is 276 g/mol. The van der Waals surface area contributed by atoms with Crippen molar-refractivity contribution in [2.75, 3.05) is 19.6 Å². The zero-order valence-electron chi connectivity index (χ0n) is 14.4. The van der Waals surface area contributed by atoms with Gasteiger partial charge in [-0.25, -0.2) is 4.79 Å². The highest BCUT2D eigenvalue weighted by atomic mass is 16.2. The molecule has 2 rings (SSSR count). The van der Waals surface area contributed by atoms with E-state index in [0.29, 0.717) is 5.92 Å². The van der Waals surface area contributed by atoms with E-state index < -0.39 is 0 Å². The van der Waals surface area contributed by atoms with Gasteiger partial charge in [-0.3, -0.25) is 4.68 Å². The Bertz CT molecular complexity index is 487. The quantitative estimate of drug-likeness (QED) is 0.908. The zero-order chi connectivity index (χ0) is 16.2. The lowest BCUT2D eigenvalue weighted by atomic mass is 9.90. The summed E-state index contributed by atoms with van der Waals surface area (Å²) in [5.41, 5.74) is 1.48. The second kappa shape index (κ2) is 7.16. The smallest absolute Gasteiger partial charge is 0.317 e. The van der Waals surface area contributed by atoms with Crippen molar-refractivity contribution in [3.05, 3.63) is 18.0 Å². The Hall–Kier alpha value is -1.52. The molecule has 1 fully saturated rings. The lowest BCUT2D eigenvalue weighted by Crippen LogP contribution is -2.46. The van der Waals surface area contributed by atoms with E-state index in [-0.39, 0.29) is 11.4 Å². The van der Waals surface area contributed by atoms with E-state index in [0.717, 1.165) is 45.4 Å². The van der Waals surface area contributed by atoms with Gasteiger partial charge in [-0.1, -0.05) is 20.8 Å². The molecule has 1 aliphatic rings. The summed E-state index contributed by atoms with van der Waals surface area (Å²) < 4.78 is 1.97. The molecule has 1 aromatic heterocycles. The number of aromatic nitrogens is 2. The van der Waals surface area contributed by atoms with E-state index in [1.165, 1.54) is 5.56 Å². The number of piperidine rings is 1. The Morgan fingerprint density at radius 1 is 1.36 bits per heavy atom. The van der Waals surface area contributed by atoms with Crippen LogP contribution in [0.15, 0.2) is 12.4 Å². The lowest BCUT2D eigenvalue weighted by Gasteiger charge is -2.33. The van der Waals surface area contributed by atoms with E-state index in [1.807, 2.05) is 15.8 Å². The van der Waals surface area contributed by atoms with Crippen LogP contribution in [0.3, 0.4) is 0 Å². The van der Waals surface area contributed by atoms with Gasteiger partial charge in [-0.05, 0) is 43.1 Å². The van der Waals surface area contributed by atoms with Crippen molar-refractivity contribution in [1.82, 2.24) is 20.0 Å². The highest BCUT2D eigenvalue weighted by molar-refractivity contribution is 5.74. The summed E-state index contributed by atoms with van der Waals surface area (Å²) in [6.45, 7) is 12.0. The molecule has 1 aromatic rings. The first kappa shape index (κ1) is 16.8. The molecule has 5 heteroatoms. The minimum atomic E-state index is 0.0872. The fourth-order valence-electron chi connectivity index (χ4n) is 2.73. The van der Waals surface area contributed by atoms with Crippen LogP contribution in [0, 0.1) is 5.41 Å². The van der Waals surface area contributed by atoms with Crippen LogP contribution in [0.25, 0.3) is 0 Å². The van der Waals surface area contributed by atoms with Gasteiger partial charge < -0.3 is 10.2 Å². The minimum Gasteiger partial charge on any atom is -0.337 e. The molecule has 0 atom stereocenters.